The van der Waals surface area contributed by atoms with Crippen LogP contribution in [0, 0.1) is 0 Å². The Balaban J connectivity index is 1.78. The number of β-lactam (4-membered cyclic amide) rings is 1. The van der Waals surface area contributed by atoms with Crippen LogP contribution in [0.3, 0.4) is 0 Å². The lowest BCUT2D eigenvalue weighted by Gasteiger charge is -2.48. The van der Waals surface area contributed by atoms with Crippen molar-refractivity contribution in [2.24, 2.45) is 0 Å². The maximum Gasteiger partial charge on any atom is 0.512 e. The quantitative estimate of drug-likeness (QED) is 0.273. The minimum atomic E-state index is -1.62. The molecule has 0 spiro atoms. The van der Waals surface area contributed by atoms with E-state index in [0.717, 1.165) is 16.2 Å². The van der Waals surface area contributed by atoms with Crippen molar-refractivity contribution in [2.75, 3.05) is 11.5 Å². The fourth-order valence-corrected chi connectivity index (χ4v) is 4.70. The topological polar surface area (TPSA) is 172 Å². The normalized spacial score (nSPS) is 21.3. The number of carboxylic acid groups (broad SMARTS) is 2. The van der Waals surface area contributed by atoms with Crippen LogP contribution in [0.5, 0.6) is 0 Å². The van der Waals surface area contributed by atoms with Gasteiger partial charge in [-0.2, -0.15) is 0 Å². The number of halogens is 1. The number of nitrogen functional groups attached to an aromatic ring is 1. The highest BCUT2D eigenvalue weighted by Crippen LogP contribution is 2.41. The molecule has 0 aromatic carbocycles. The number of fused-ring (bicyclic) bond motifs is 1. The molecule has 154 valence electrons. The number of nitrogens with two attached hydrogens (primary N) is 1. The third-order valence-corrected chi connectivity index (χ3v) is 6.28. The van der Waals surface area contributed by atoms with Crippen molar-refractivity contribution < 1.29 is 34.1 Å². The van der Waals surface area contributed by atoms with Crippen molar-refractivity contribution in [3.05, 3.63) is 28.1 Å². The standard InChI is InChI=1S/C15H13ClN4O7S2/c16-6-3-28-13-9(11(24)20(13)12(6)27-15(25)26)19-10(23)5(1-2-8(21)22)7-4-29-14(17)18-7/h1,4,9,13H,2-3H2,(H2,17,18)(H,19,23)(H,21,22)(H,25,26)/t9-,13+/m1/s1. The summed E-state index contributed by atoms with van der Waals surface area (Å²) in [5.41, 5.74) is 5.72. The molecule has 0 radical (unpaired) electrons. The zero-order chi connectivity index (χ0) is 21.3. The summed E-state index contributed by atoms with van der Waals surface area (Å²) >= 11 is 8.24. The zero-order valence-corrected chi connectivity index (χ0v) is 16.7. The molecule has 1 aromatic rings. The van der Waals surface area contributed by atoms with Gasteiger partial charge in [-0.25, -0.2) is 9.78 Å². The van der Waals surface area contributed by atoms with Crippen molar-refractivity contribution >= 4 is 69.3 Å². The predicted molar refractivity (Wildman–Crippen MR) is 104 cm³/mol. The molecule has 2 aliphatic rings. The molecular weight excluding hydrogens is 448 g/mol. The summed E-state index contributed by atoms with van der Waals surface area (Å²) in [5.74, 6) is -2.57. The highest BCUT2D eigenvalue weighted by atomic mass is 35.5. The molecule has 0 aliphatic carbocycles. The van der Waals surface area contributed by atoms with Crippen LogP contribution in [-0.4, -0.2) is 61.2 Å². The number of rotatable bonds is 6. The largest absolute Gasteiger partial charge is 0.512 e. The van der Waals surface area contributed by atoms with Gasteiger partial charge in [0.25, 0.3) is 11.8 Å². The summed E-state index contributed by atoms with van der Waals surface area (Å²) in [7, 11) is 0. The molecule has 2 aliphatic heterocycles. The summed E-state index contributed by atoms with van der Waals surface area (Å²) in [6.45, 7) is 0. The van der Waals surface area contributed by atoms with E-state index in [0.29, 0.717) is 0 Å². The number of carboxylic acids is 1. The van der Waals surface area contributed by atoms with Crippen molar-refractivity contribution in [3.8, 4) is 0 Å². The summed E-state index contributed by atoms with van der Waals surface area (Å²) in [5, 5.41) is 21.4. The number of nitrogens with one attached hydrogen (secondary N) is 1. The first kappa shape index (κ1) is 21.0. The van der Waals surface area contributed by atoms with E-state index in [1.54, 1.807) is 0 Å². The van der Waals surface area contributed by atoms with Gasteiger partial charge in [0.15, 0.2) is 5.13 Å². The van der Waals surface area contributed by atoms with E-state index in [9.17, 15) is 19.2 Å². The second-order valence-corrected chi connectivity index (χ2v) is 8.18. The number of anilines is 1. The Kier molecular flexibility index (Phi) is 6.00. The number of hydrogen-bond acceptors (Lipinski definition) is 9. The van der Waals surface area contributed by atoms with E-state index in [1.807, 2.05) is 0 Å². The van der Waals surface area contributed by atoms with Crippen LogP contribution in [0.25, 0.3) is 5.57 Å². The van der Waals surface area contributed by atoms with Crippen molar-refractivity contribution in [1.82, 2.24) is 15.2 Å². The molecular formula is C15H13ClN4O7S2. The van der Waals surface area contributed by atoms with Gasteiger partial charge in [-0.05, 0) is 0 Å². The summed E-state index contributed by atoms with van der Waals surface area (Å²) in [4.78, 5) is 52.0. The molecule has 29 heavy (non-hydrogen) atoms. The molecule has 2 amide bonds. The third-order valence-electron chi connectivity index (χ3n) is 3.87. The number of thioether (sulfide) groups is 1. The van der Waals surface area contributed by atoms with E-state index < -0.39 is 41.8 Å². The second kappa shape index (κ2) is 8.31. The average molecular weight is 461 g/mol. The van der Waals surface area contributed by atoms with Gasteiger partial charge in [0.05, 0.1) is 22.7 Å². The summed E-state index contributed by atoms with van der Waals surface area (Å²) in [6, 6.07) is -0.978. The molecule has 1 saturated heterocycles. The fourth-order valence-electron chi connectivity index (χ4n) is 2.66. The van der Waals surface area contributed by atoms with Crippen LogP contribution in [0.1, 0.15) is 12.1 Å². The van der Waals surface area contributed by atoms with Crippen LogP contribution in [0.15, 0.2) is 22.4 Å². The predicted octanol–water partition coefficient (Wildman–Crippen LogP) is 1.09. The van der Waals surface area contributed by atoms with Crippen molar-refractivity contribution in [1.29, 1.82) is 0 Å². The van der Waals surface area contributed by atoms with Gasteiger partial charge in [-0.1, -0.05) is 17.7 Å². The van der Waals surface area contributed by atoms with Gasteiger partial charge in [-0.3, -0.25) is 19.3 Å². The van der Waals surface area contributed by atoms with E-state index in [1.165, 1.54) is 23.2 Å². The number of aliphatic carboxylic acids is 1. The van der Waals surface area contributed by atoms with Gasteiger partial charge in [0.2, 0.25) is 5.88 Å². The van der Waals surface area contributed by atoms with Gasteiger partial charge < -0.3 is 26.0 Å². The Morgan fingerprint density at radius 1 is 1.45 bits per heavy atom. The molecule has 5 N–H and O–H groups in total. The third kappa shape index (κ3) is 4.31. The van der Waals surface area contributed by atoms with E-state index in [-0.39, 0.29) is 33.1 Å². The van der Waals surface area contributed by atoms with E-state index in [4.69, 9.17) is 27.5 Å². The molecule has 0 unspecified atom stereocenters. The Morgan fingerprint density at radius 3 is 2.76 bits per heavy atom. The number of thiazole rings is 1. The second-order valence-electron chi connectivity index (χ2n) is 5.73. The smallest absolute Gasteiger partial charge is 0.481 e. The molecule has 1 aromatic heterocycles. The minimum Gasteiger partial charge on any atom is -0.481 e. The van der Waals surface area contributed by atoms with Crippen LogP contribution in [-0.2, 0) is 19.1 Å². The van der Waals surface area contributed by atoms with Crippen LogP contribution in [0.4, 0.5) is 9.93 Å². The number of ether oxygens (including phenoxy) is 1. The maximum absolute atomic E-state index is 12.7. The van der Waals surface area contributed by atoms with Gasteiger partial charge in [0, 0.05) is 11.1 Å². The molecule has 3 rings (SSSR count). The SMILES string of the molecule is Nc1nc(C(=CCC(=O)O)C(=O)N[C@@H]2C(=O)N3C(OC(=O)O)=C(Cl)CS[C@@H]23)cs1. The first-order valence-corrected chi connectivity index (χ1v) is 10.2. The minimum absolute atomic E-state index is 0.0389. The molecule has 1 fully saturated rings. The highest BCUT2D eigenvalue weighted by Gasteiger charge is 2.54. The molecule has 0 bridgehead atoms. The first-order chi connectivity index (χ1) is 13.7. The number of carbonyl (C=O) groups excluding carboxylic acids is 2. The molecule has 11 nitrogen and oxygen atoms in total. The van der Waals surface area contributed by atoms with E-state index in [2.05, 4.69) is 15.0 Å². The van der Waals surface area contributed by atoms with E-state index >= 15 is 0 Å². The molecule has 2 atom stereocenters. The van der Waals surface area contributed by atoms with Crippen molar-refractivity contribution in [2.45, 2.75) is 17.8 Å². The van der Waals surface area contributed by atoms with Gasteiger partial charge in [0.1, 0.15) is 11.4 Å². The summed E-state index contributed by atoms with van der Waals surface area (Å²) < 4.78 is 4.59. The number of amides is 2. The number of hydrogen-bond donors (Lipinski definition) is 4. The zero-order valence-electron chi connectivity index (χ0n) is 14.3. The molecule has 0 saturated carbocycles. The monoisotopic (exact) mass is 460 g/mol. The Hall–Kier alpha value is -2.77. The first-order valence-electron chi connectivity index (χ1n) is 7.87. The number of nitrogens with zero attached hydrogens (tertiary/aromatic N) is 2. The highest BCUT2D eigenvalue weighted by molar-refractivity contribution is 8.00. The Morgan fingerprint density at radius 2 is 2.17 bits per heavy atom. The lowest BCUT2D eigenvalue weighted by molar-refractivity contribution is -0.148. The summed E-state index contributed by atoms with van der Waals surface area (Å²) in [6.07, 6.45) is -0.876. The number of carbonyl (C=O) groups is 4. The number of aromatic nitrogens is 1. The average Bonchev–Trinajstić information content (AvgIpc) is 3.06. The van der Waals surface area contributed by atoms with Crippen LogP contribution in [0.2, 0.25) is 0 Å². The molecule has 14 heteroatoms. The van der Waals surface area contributed by atoms with Crippen LogP contribution >= 0.6 is 34.7 Å². The lowest BCUT2D eigenvalue weighted by atomic mass is 10.1. The maximum atomic E-state index is 12.7. The Labute approximate surface area is 176 Å². The van der Waals surface area contributed by atoms with Crippen molar-refractivity contribution in [3.63, 3.8) is 0 Å². The van der Waals surface area contributed by atoms with Gasteiger partial charge >= 0.3 is 12.1 Å². The van der Waals surface area contributed by atoms with Crippen LogP contribution < -0.4 is 11.1 Å². The fraction of sp³-hybridized carbons (Fsp3) is 0.267. The Bertz CT molecular complexity index is 960. The van der Waals surface area contributed by atoms with Gasteiger partial charge in [-0.15, -0.1) is 23.1 Å². The molecule has 3 heterocycles. The lowest BCUT2D eigenvalue weighted by Crippen LogP contribution is -2.70.